The molecule has 2 N–H and O–H groups in total. The molecule has 1 unspecified atom stereocenters. The Morgan fingerprint density at radius 2 is 2.04 bits per heavy atom. The van der Waals surface area contributed by atoms with Crippen LogP contribution in [-0.2, 0) is 11.3 Å². The molecular weight excluding hydrogens is 489 g/mol. The van der Waals surface area contributed by atoms with Crippen molar-refractivity contribution in [1.82, 2.24) is 20.5 Å². The highest BCUT2D eigenvalue weighted by Crippen LogP contribution is 2.20. The molecule has 1 fully saturated rings. The Bertz CT molecular complexity index is 652. The molecule has 2 rings (SSSR count). The van der Waals surface area contributed by atoms with Crippen molar-refractivity contribution in [2.75, 3.05) is 20.1 Å². The first-order chi connectivity index (χ1) is 12.7. The Kier molecular flexibility index (Phi) is 9.96. The van der Waals surface area contributed by atoms with Crippen LogP contribution in [0, 0.1) is 13.8 Å². The lowest BCUT2D eigenvalue weighted by atomic mass is 10.0. The first-order valence-corrected chi connectivity index (χ1v) is 10.4. The van der Waals surface area contributed by atoms with Gasteiger partial charge in [-0.15, -0.1) is 35.3 Å². The molecule has 1 aliphatic heterocycles. The number of ether oxygens (including phenoxy) is 1. The third-order valence-electron chi connectivity index (χ3n) is 4.46. The van der Waals surface area contributed by atoms with Gasteiger partial charge in [0.1, 0.15) is 10.6 Å². The number of nitrogens with one attached hydrogen (secondary N) is 2. The average Bonchev–Trinajstić information content (AvgIpc) is 2.92. The molecule has 1 aromatic rings. The van der Waals surface area contributed by atoms with Crippen LogP contribution in [0.15, 0.2) is 4.99 Å². The zero-order valence-corrected chi connectivity index (χ0v) is 20.9. The van der Waals surface area contributed by atoms with Gasteiger partial charge in [-0.3, -0.25) is 4.99 Å². The first-order valence-electron chi connectivity index (χ1n) is 9.56. The minimum absolute atomic E-state index is 0. The molecule has 1 aromatic heterocycles. The fraction of sp³-hybridized carbons (Fsp3) is 0.737. The minimum Gasteiger partial charge on any atom is -0.444 e. The molecule has 1 amide bonds. The SMILES string of the molecule is CN=C(NCc1nc(C)c(C)s1)NCC1CCCCN1C(=O)OC(C)(C)C.I. The molecule has 0 bridgehead atoms. The summed E-state index contributed by atoms with van der Waals surface area (Å²) in [6.07, 6.45) is 2.88. The number of aliphatic imine (C=N–C) groups is 1. The molecule has 0 spiro atoms. The number of carbonyl (C=O) groups excluding carboxylic acids is 1. The van der Waals surface area contributed by atoms with Crippen molar-refractivity contribution < 1.29 is 9.53 Å². The lowest BCUT2D eigenvalue weighted by Crippen LogP contribution is -2.52. The summed E-state index contributed by atoms with van der Waals surface area (Å²) >= 11 is 1.70. The summed E-state index contributed by atoms with van der Waals surface area (Å²) in [5.74, 6) is 0.718. The molecule has 0 aliphatic carbocycles. The van der Waals surface area contributed by atoms with Crippen LogP contribution in [0.5, 0.6) is 0 Å². The highest BCUT2D eigenvalue weighted by Gasteiger charge is 2.30. The lowest BCUT2D eigenvalue weighted by molar-refractivity contribution is 0.0104. The molecule has 0 radical (unpaired) electrons. The van der Waals surface area contributed by atoms with Crippen molar-refractivity contribution in [3.63, 3.8) is 0 Å². The van der Waals surface area contributed by atoms with Gasteiger partial charge in [0.15, 0.2) is 5.96 Å². The van der Waals surface area contributed by atoms with Gasteiger partial charge in [0.25, 0.3) is 0 Å². The second kappa shape index (κ2) is 11.2. The Morgan fingerprint density at radius 1 is 1.32 bits per heavy atom. The van der Waals surface area contributed by atoms with E-state index >= 15 is 0 Å². The van der Waals surface area contributed by atoms with Crippen molar-refractivity contribution in [2.24, 2.45) is 4.99 Å². The van der Waals surface area contributed by atoms with Gasteiger partial charge in [-0.25, -0.2) is 9.78 Å². The van der Waals surface area contributed by atoms with E-state index in [1.54, 1.807) is 18.4 Å². The molecule has 1 atom stereocenters. The number of hydrogen-bond acceptors (Lipinski definition) is 5. The highest BCUT2D eigenvalue weighted by atomic mass is 127. The molecule has 160 valence electrons. The standard InChI is InChI=1S/C19H33N5O2S.HI/c1-13-14(2)27-16(23-13)12-22-17(20-6)21-11-15-9-7-8-10-24(15)18(25)26-19(3,4)5;/h15H,7-12H2,1-6H3,(H2,20,21,22);1H. The van der Waals surface area contributed by atoms with Crippen LogP contribution in [0.4, 0.5) is 4.79 Å². The predicted molar refractivity (Wildman–Crippen MR) is 126 cm³/mol. The van der Waals surface area contributed by atoms with E-state index in [1.807, 2.05) is 32.6 Å². The van der Waals surface area contributed by atoms with Crippen LogP contribution in [-0.4, -0.2) is 53.7 Å². The fourth-order valence-electron chi connectivity index (χ4n) is 2.98. The number of carbonyl (C=O) groups is 1. The van der Waals surface area contributed by atoms with Gasteiger partial charge in [-0.05, 0) is 53.9 Å². The topological polar surface area (TPSA) is 78.9 Å². The van der Waals surface area contributed by atoms with E-state index < -0.39 is 5.60 Å². The van der Waals surface area contributed by atoms with Crippen molar-refractivity contribution in [1.29, 1.82) is 0 Å². The molecule has 0 saturated carbocycles. The summed E-state index contributed by atoms with van der Waals surface area (Å²) in [5, 5.41) is 7.69. The number of aromatic nitrogens is 1. The van der Waals surface area contributed by atoms with Crippen LogP contribution in [0.1, 0.15) is 55.6 Å². The monoisotopic (exact) mass is 523 g/mol. The average molecular weight is 523 g/mol. The van der Waals surface area contributed by atoms with Crippen molar-refractivity contribution >= 4 is 47.4 Å². The normalized spacial score (nSPS) is 17.7. The van der Waals surface area contributed by atoms with E-state index in [2.05, 4.69) is 27.5 Å². The van der Waals surface area contributed by atoms with Crippen LogP contribution in [0.3, 0.4) is 0 Å². The summed E-state index contributed by atoms with van der Waals surface area (Å²) in [6, 6.07) is 0.108. The number of piperidine rings is 1. The quantitative estimate of drug-likeness (QED) is 0.357. The summed E-state index contributed by atoms with van der Waals surface area (Å²) in [7, 11) is 1.75. The minimum atomic E-state index is -0.478. The highest BCUT2D eigenvalue weighted by molar-refractivity contribution is 14.0. The van der Waals surface area contributed by atoms with Gasteiger partial charge in [0.2, 0.25) is 0 Å². The number of amides is 1. The maximum absolute atomic E-state index is 12.5. The number of hydrogen-bond donors (Lipinski definition) is 2. The fourth-order valence-corrected chi connectivity index (χ4v) is 3.86. The van der Waals surface area contributed by atoms with Crippen LogP contribution < -0.4 is 10.6 Å². The number of aryl methyl sites for hydroxylation is 2. The molecule has 1 saturated heterocycles. The lowest BCUT2D eigenvalue weighted by Gasteiger charge is -2.37. The molecule has 2 heterocycles. The summed E-state index contributed by atoms with van der Waals surface area (Å²) in [5.41, 5.74) is 0.601. The van der Waals surface area contributed by atoms with E-state index in [0.717, 1.165) is 42.5 Å². The van der Waals surface area contributed by atoms with E-state index in [-0.39, 0.29) is 36.1 Å². The third-order valence-corrected chi connectivity index (χ3v) is 5.54. The summed E-state index contributed by atoms with van der Waals surface area (Å²) in [4.78, 5) is 24.4. The zero-order chi connectivity index (χ0) is 20.0. The van der Waals surface area contributed by atoms with E-state index in [1.165, 1.54) is 4.88 Å². The van der Waals surface area contributed by atoms with Crippen LogP contribution >= 0.6 is 35.3 Å². The molecular formula is C19H34IN5O2S. The van der Waals surface area contributed by atoms with Gasteiger partial charge in [0, 0.05) is 25.0 Å². The second-order valence-corrected chi connectivity index (χ2v) is 9.17. The van der Waals surface area contributed by atoms with Gasteiger partial charge in [-0.2, -0.15) is 0 Å². The Labute approximate surface area is 189 Å². The Morgan fingerprint density at radius 3 is 2.61 bits per heavy atom. The molecule has 9 heteroatoms. The van der Waals surface area contributed by atoms with Crippen LogP contribution in [0.25, 0.3) is 0 Å². The Hall–Kier alpha value is -1.10. The zero-order valence-electron chi connectivity index (χ0n) is 17.8. The smallest absolute Gasteiger partial charge is 0.410 e. The van der Waals surface area contributed by atoms with Crippen molar-refractivity contribution in [3.8, 4) is 0 Å². The van der Waals surface area contributed by atoms with Gasteiger partial charge >= 0.3 is 6.09 Å². The second-order valence-electron chi connectivity index (χ2n) is 7.88. The summed E-state index contributed by atoms with van der Waals surface area (Å²) < 4.78 is 5.57. The van der Waals surface area contributed by atoms with Gasteiger partial charge < -0.3 is 20.3 Å². The van der Waals surface area contributed by atoms with E-state index in [0.29, 0.717) is 13.1 Å². The molecule has 7 nitrogen and oxygen atoms in total. The van der Waals surface area contributed by atoms with E-state index in [4.69, 9.17) is 4.74 Å². The predicted octanol–water partition coefficient (Wildman–Crippen LogP) is 3.83. The molecule has 1 aliphatic rings. The largest absolute Gasteiger partial charge is 0.444 e. The van der Waals surface area contributed by atoms with Gasteiger partial charge in [-0.1, -0.05) is 0 Å². The molecule has 28 heavy (non-hydrogen) atoms. The van der Waals surface area contributed by atoms with Gasteiger partial charge in [0.05, 0.1) is 18.3 Å². The number of likely N-dealkylation sites (tertiary alicyclic amines) is 1. The Balaban J connectivity index is 0.00000392. The number of thiazole rings is 1. The molecule has 0 aromatic carbocycles. The maximum Gasteiger partial charge on any atom is 0.410 e. The number of nitrogens with zero attached hydrogens (tertiary/aromatic N) is 3. The maximum atomic E-state index is 12.5. The number of guanidine groups is 1. The van der Waals surface area contributed by atoms with Crippen molar-refractivity contribution in [2.45, 2.75) is 72.1 Å². The summed E-state index contributed by atoms with van der Waals surface area (Å²) in [6.45, 7) is 11.8. The third kappa shape index (κ3) is 7.73. The van der Waals surface area contributed by atoms with Crippen molar-refractivity contribution in [3.05, 3.63) is 15.6 Å². The van der Waals surface area contributed by atoms with E-state index in [9.17, 15) is 4.79 Å². The van der Waals surface area contributed by atoms with Crippen LogP contribution in [0.2, 0.25) is 0 Å². The number of halogens is 1. The first kappa shape index (κ1) is 24.9. The number of rotatable bonds is 4.